The van der Waals surface area contributed by atoms with Crippen molar-refractivity contribution in [3.05, 3.63) is 18.1 Å². The monoisotopic (exact) mass is 336 g/mol. The Labute approximate surface area is 141 Å². The average molecular weight is 337 g/mol. The van der Waals surface area contributed by atoms with Crippen molar-refractivity contribution in [1.29, 1.82) is 0 Å². The van der Waals surface area contributed by atoms with Gasteiger partial charge in [-0.05, 0) is 44.6 Å². The van der Waals surface area contributed by atoms with Crippen LogP contribution in [0, 0.1) is 0 Å². The van der Waals surface area contributed by atoms with E-state index in [0.29, 0.717) is 17.4 Å². The van der Waals surface area contributed by atoms with Crippen molar-refractivity contribution in [1.82, 2.24) is 20.1 Å². The van der Waals surface area contributed by atoms with Crippen LogP contribution in [0.1, 0.15) is 44.3 Å². The largest absolute Gasteiger partial charge is 0.341 e. The molecule has 1 saturated carbocycles. The zero-order valence-corrected chi connectivity index (χ0v) is 13.8. The maximum absolute atomic E-state index is 6.24. The van der Waals surface area contributed by atoms with Gasteiger partial charge < -0.3 is 15.2 Å². The molecule has 0 aromatic carbocycles. The molecule has 0 atom stereocenters. The first-order valence-electron chi connectivity index (χ1n) is 7.96. The Hall–Kier alpha value is -1.73. The van der Waals surface area contributed by atoms with Crippen molar-refractivity contribution in [2.45, 2.75) is 44.1 Å². The molecular weight excluding hydrogens is 316 g/mol. The van der Waals surface area contributed by atoms with E-state index in [1.807, 2.05) is 0 Å². The molecule has 8 heteroatoms. The Morgan fingerprint density at radius 3 is 2.57 bits per heavy atom. The highest BCUT2D eigenvalue weighted by molar-refractivity contribution is 5.85. The predicted octanol–water partition coefficient (Wildman–Crippen LogP) is 2.28. The van der Waals surface area contributed by atoms with Crippen LogP contribution in [0.4, 0.5) is 5.95 Å². The van der Waals surface area contributed by atoms with Gasteiger partial charge in [-0.3, -0.25) is 0 Å². The number of piperidine rings is 1. The summed E-state index contributed by atoms with van der Waals surface area (Å²) in [6.45, 7) is 2.01. The molecule has 2 aliphatic rings. The quantitative estimate of drug-likeness (QED) is 0.918. The molecule has 2 N–H and O–H groups in total. The minimum atomic E-state index is -0.412. The summed E-state index contributed by atoms with van der Waals surface area (Å²) in [5.41, 5.74) is 6.49. The van der Waals surface area contributed by atoms with Gasteiger partial charge in [-0.1, -0.05) is 5.16 Å². The number of rotatable bonds is 3. The summed E-state index contributed by atoms with van der Waals surface area (Å²) < 4.78 is 5.37. The van der Waals surface area contributed by atoms with Gasteiger partial charge in [0.05, 0.1) is 5.54 Å². The summed E-state index contributed by atoms with van der Waals surface area (Å²) in [4.78, 5) is 15.6. The van der Waals surface area contributed by atoms with E-state index >= 15 is 0 Å². The SMILES string of the molecule is Cl.NC1(c2noc(-c3ccnc(N4CCCCC4)n3)n2)CCC1. The van der Waals surface area contributed by atoms with Gasteiger partial charge in [0.25, 0.3) is 5.89 Å². The van der Waals surface area contributed by atoms with E-state index in [1.165, 1.54) is 19.3 Å². The summed E-state index contributed by atoms with van der Waals surface area (Å²) in [7, 11) is 0. The second kappa shape index (κ2) is 6.41. The fourth-order valence-electron chi connectivity index (χ4n) is 3.02. The Kier molecular flexibility index (Phi) is 4.50. The maximum Gasteiger partial charge on any atom is 0.276 e. The molecule has 23 heavy (non-hydrogen) atoms. The molecule has 0 unspecified atom stereocenters. The molecule has 0 radical (unpaired) electrons. The Morgan fingerprint density at radius 1 is 1.09 bits per heavy atom. The van der Waals surface area contributed by atoms with E-state index < -0.39 is 5.54 Å². The van der Waals surface area contributed by atoms with Gasteiger partial charge in [0.1, 0.15) is 5.69 Å². The van der Waals surface area contributed by atoms with E-state index in [4.69, 9.17) is 10.3 Å². The molecule has 0 bridgehead atoms. The van der Waals surface area contributed by atoms with Crippen LogP contribution in [0.5, 0.6) is 0 Å². The smallest absolute Gasteiger partial charge is 0.276 e. The van der Waals surface area contributed by atoms with Gasteiger partial charge >= 0.3 is 0 Å². The molecule has 1 aliphatic carbocycles. The summed E-state index contributed by atoms with van der Waals surface area (Å²) >= 11 is 0. The molecule has 0 spiro atoms. The third-order valence-corrected chi connectivity index (χ3v) is 4.62. The highest BCUT2D eigenvalue weighted by Gasteiger charge is 2.39. The van der Waals surface area contributed by atoms with E-state index in [2.05, 4.69) is 25.0 Å². The first-order valence-corrected chi connectivity index (χ1v) is 7.96. The third-order valence-electron chi connectivity index (χ3n) is 4.62. The fourth-order valence-corrected chi connectivity index (χ4v) is 3.02. The maximum atomic E-state index is 6.24. The van der Waals surface area contributed by atoms with Gasteiger partial charge in [0.2, 0.25) is 5.95 Å². The number of nitrogens with zero attached hydrogens (tertiary/aromatic N) is 5. The molecule has 1 saturated heterocycles. The van der Waals surface area contributed by atoms with Crippen LogP contribution in [0.15, 0.2) is 16.8 Å². The number of aromatic nitrogens is 4. The van der Waals surface area contributed by atoms with Crippen LogP contribution in [-0.2, 0) is 5.54 Å². The average Bonchev–Trinajstić information content (AvgIpc) is 3.04. The van der Waals surface area contributed by atoms with Crippen LogP contribution in [-0.4, -0.2) is 33.2 Å². The predicted molar refractivity (Wildman–Crippen MR) is 88.4 cm³/mol. The molecule has 3 heterocycles. The van der Waals surface area contributed by atoms with Gasteiger partial charge in [0, 0.05) is 19.3 Å². The van der Waals surface area contributed by atoms with Crippen molar-refractivity contribution < 1.29 is 4.52 Å². The standard InChI is InChI=1S/C15H20N6O.ClH/c16-15(6-4-7-15)13-19-12(22-20-13)11-5-8-17-14(18-11)21-9-2-1-3-10-21;/h5,8H,1-4,6-7,9-10,16H2;1H. The second-order valence-electron chi connectivity index (χ2n) is 6.22. The van der Waals surface area contributed by atoms with Crippen LogP contribution < -0.4 is 10.6 Å². The normalized spacial score (nSPS) is 19.8. The van der Waals surface area contributed by atoms with Crippen LogP contribution in [0.25, 0.3) is 11.6 Å². The topological polar surface area (TPSA) is 94.0 Å². The van der Waals surface area contributed by atoms with E-state index in [0.717, 1.165) is 38.3 Å². The molecule has 7 nitrogen and oxygen atoms in total. The highest BCUT2D eigenvalue weighted by Crippen LogP contribution is 2.37. The number of hydrogen-bond donors (Lipinski definition) is 1. The van der Waals surface area contributed by atoms with Gasteiger partial charge in [-0.2, -0.15) is 4.98 Å². The number of anilines is 1. The number of nitrogens with two attached hydrogens (primary N) is 1. The fraction of sp³-hybridized carbons (Fsp3) is 0.600. The Balaban J connectivity index is 0.00000156. The van der Waals surface area contributed by atoms with Crippen molar-refractivity contribution in [2.75, 3.05) is 18.0 Å². The molecule has 2 aromatic heterocycles. The van der Waals surface area contributed by atoms with E-state index in [9.17, 15) is 0 Å². The Bertz CT molecular complexity index is 665. The number of hydrogen-bond acceptors (Lipinski definition) is 7. The minimum Gasteiger partial charge on any atom is -0.341 e. The summed E-state index contributed by atoms with van der Waals surface area (Å²) in [6.07, 6.45) is 8.35. The number of halogens is 1. The lowest BCUT2D eigenvalue weighted by Gasteiger charge is -2.34. The third kappa shape index (κ3) is 3.03. The Morgan fingerprint density at radius 2 is 1.87 bits per heavy atom. The zero-order chi connectivity index (χ0) is 15.0. The first kappa shape index (κ1) is 16.1. The molecule has 4 rings (SSSR count). The second-order valence-corrected chi connectivity index (χ2v) is 6.22. The minimum absolute atomic E-state index is 0. The van der Waals surface area contributed by atoms with Gasteiger partial charge in [0.15, 0.2) is 5.82 Å². The highest BCUT2D eigenvalue weighted by atomic mass is 35.5. The van der Waals surface area contributed by atoms with Crippen LogP contribution in [0.2, 0.25) is 0 Å². The van der Waals surface area contributed by atoms with Crippen molar-refractivity contribution >= 4 is 18.4 Å². The van der Waals surface area contributed by atoms with Crippen LogP contribution >= 0.6 is 12.4 Å². The lowest BCUT2D eigenvalue weighted by atomic mass is 9.77. The molecule has 2 aromatic rings. The lowest BCUT2D eigenvalue weighted by molar-refractivity contribution is 0.229. The first-order chi connectivity index (χ1) is 10.7. The van der Waals surface area contributed by atoms with Crippen LogP contribution in [0.3, 0.4) is 0 Å². The van der Waals surface area contributed by atoms with Crippen molar-refractivity contribution in [3.63, 3.8) is 0 Å². The summed E-state index contributed by atoms with van der Waals surface area (Å²) in [6, 6.07) is 1.80. The van der Waals surface area contributed by atoms with E-state index in [-0.39, 0.29) is 12.4 Å². The van der Waals surface area contributed by atoms with Crippen molar-refractivity contribution in [3.8, 4) is 11.6 Å². The summed E-state index contributed by atoms with van der Waals surface area (Å²) in [5, 5.41) is 4.04. The van der Waals surface area contributed by atoms with Gasteiger partial charge in [-0.25, -0.2) is 9.97 Å². The molecular formula is C15H21ClN6O. The molecule has 124 valence electrons. The van der Waals surface area contributed by atoms with E-state index in [1.54, 1.807) is 12.3 Å². The van der Waals surface area contributed by atoms with Crippen molar-refractivity contribution in [2.24, 2.45) is 5.73 Å². The molecule has 1 aliphatic heterocycles. The summed E-state index contributed by atoms with van der Waals surface area (Å²) in [5.74, 6) is 1.75. The molecule has 2 fully saturated rings. The van der Waals surface area contributed by atoms with Gasteiger partial charge in [-0.15, -0.1) is 12.4 Å². The lowest BCUT2D eigenvalue weighted by Crippen LogP contribution is -2.44. The zero-order valence-electron chi connectivity index (χ0n) is 12.9. The molecule has 0 amide bonds.